The largest absolute Gasteiger partial charge is 0.290 e. The van der Waals surface area contributed by atoms with Crippen molar-refractivity contribution in [1.29, 1.82) is 0 Å². The summed E-state index contributed by atoms with van der Waals surface area (Å²) in [6.07, 6.45) is 1.97. The molecule has 80 valence electrons. The lowest BCUT2D eigenvalue weighted by molar-refractivity contribution is 0.247. The molecule has 1 aliphatic heterocycles. The van der Waals surface area contributed by atoms with Crippen LogP contribution >= 0.6 is 0 Å². The summed E-state index contributed by atoms with van der Waals surface area (Å²) in [6.45, 7) is 5.22. The summed E-state index contributed by atoms with van der Waals surface area (Å²) in [5.41, 5.74) is 1.24. The Morgan fingerprint density at radius 1 is 1.40 bits per heavy atom. The van der Waals surface area contributed by atoms with Crippen molar-refractivity contribution in [3.05, 3.63) is 48.3 Å². The fourth-order valence-corrected chi connectivity index (χ4v) is 2.19. The molecule has 2 rings (SSSR count). The number of hydrogen-bond donors (Lipinski definition) is 0. The molecule has 1 atom stereocenters. The van der Waals surface area contributed by atoms with Crippen LogP contribution in [0.5, 0.6) is 0 Å². The molecular weight excluding hydrogens is 189 g/mol. The molecule has 0 amide bonds. The first kappa shape index (κ1) is 10.4. The normalized spacial score (nSPS) is 21.8. The average Bonchev–Trinajstić information content (AvgIpc) is 2.67. The van der Waals surface area contributed by atoms with E-state index in [1.165, 1.54) is 5.56 Å². The molecule has 1 fully saturated rings. The molecule has 1 aliphatic rings. The second kappa shape index (κ2) is 4.58. The number of likely N-dealkylation sites (tertiary alicyclic amines) is 1. The highest BCUT2D eigenvalue weighted by Gasteiger charge is 2.26. The molecule has 1 saturated heterocycles. The topological polar surface area (TPSA) is 3.24 Å². The number of benzene rings is 1. The van der Waals surface area contributed by atoms with E-state index in [4.69, 9.17) is 0 Å². The average molecular weight is 205 g/mol. The van der Waals surface area contributed by atoms with E-state index in [9.17, 15) is 4.39 Å². The third-order valence-corrected chi connectivity index (χ3v) is 2.95. The van der Waals surface area contributed by atoms with Gasteiger partial charge in [-0.05, 0) is 24.9 Å². The minimum atomic E-state index is -0.191. The fraction of sp³-hybridized carbons (Fsp3) is 0.385. The minimum absolute atomic E-state index is 0.0646. The third kappa shape index (κ3) is 2.45. The van der Waals surface area contributed by atoms with E-state index in [-0.39, 0.29) is 11.9 Å². The minimum Gasteiger partial charge on any atom is -0.290 e. The Kier molecular flexibility index (Phi) is 3.17. The molecule has 2 heteroatoms. The number of rotatable bonds is 3. The molecule has 15 heavy (non-hydrogen) atoms. The van der Waals surface area contributed by atoms with E-state index in [1.54, 1.807) is 0 Å². The summed E-state index contributed by atoms with van der Waals surface area (Å²) < 4.78 is 13.1. The summed E-state index contributed by atoms with van der Waals surface area (Å²) in [5.74, 6) is -0.191. The van der Waals surface area contributed by atoms with Crippen molar-refractivity contribution in [3.63, 3.8) is 0 Å². The molecular formula is C13H16FN. The van der Waals surface area contributed by atoms with E-state index in [2.05, 4.69) is 23.6 Å². The van der Waals surface area contributed by atoms with Gasteiger partial charge in [0.1, 0.15) is 5.83 Å². The van der Waals surface area contributed by atoms with Crippen LogP contribution in [-0.2, 0) is 6.54 Å². The number of hydrogen-bond acceptors (Lipinski definition) is 1. The van der Waals surface area contributed by atoms with E-state index in [0.29, 0.717) is 0 Å². The van der Waals surface area contributed by atoms with E-state index in [1.807, 2.05) is 18.2 Å². The standard InChI is InChI=1S/C13H16FN/c1-11(14)13-8-5-9-15(13)10-12-6-3-2-4-7-12/h2-4,6-7,13H,1,5,8-10H2. The zero-order valence-corrected chi connectivity index (χ0v) is 8.82. The van der Waals surface area contributed by atoms with Gasteiger partial charge in [-0.2, -0.15) is 0 Å². The van der Waals surface area contributed by atoms with Gasteiger partial charge < -0.3 is 0 Å². The molecule has 0 radical (unpaired) electrons. The molecule has 1 heterocycles. The van der Waals surface area contributed by atoms with Gasteiger partial charge in [0.2, 0.25) is 0 Å². The van der Waals surface area contributed by atoms with Gasteiger partial charge in [0.05, 0.1) is 6.04 Å². The monoisotopic (exact) mass is 205 g/mol. The highest BCUT2D eigenvalue weighted by Crippen LogP contribution is 2.25. The maximum absolute atomic E-state index is 13.1. The summed E-state index contributed by atoms with van der Waals surface area (Å²) in [7, 11) is 0. The Balaban J connectivity index is 2.03. The molecule has 1 aromatic carbocycles. The first-order valence-corrected chi connectivity index (χ1v) is 5.39. The summed E-state index contributed by atoms with van der Waals surface area (Å²) in [6, 6.07) is 10.1. The van der Waals surface area contributed by atoms with Crippen LogP contribution in [0.4, 0.5) is 4.39 Å². The van der Waals surface area contributed by atoms with Crippen molar-refractivity contribution in [2.45, 2.75) is 25.4 Å². The Bertz CT molecular complexity index is 334. The van der Waals surface area contributed by atoms with Gasteiger partial charge in [0, 0.05) is 6.54 Å². The van der Waals surface area contributed by atoms with Crippen LogP contribution in [0, 0.1) is 0 Å². The number of nitrogens with zero attached hydrogens (tertiary/aromatic N) is 1. The van der Waals surface area contributed by atoms with Crippen molar-refractivity contribution in [2.24, 2.45) is 0 Å². The summed E-state index contributed by atoms with van der Waals surface area (Å²) in [4.78, 5) is 2.16. The van der Waals surface area contributed by atoms with Gasteiger partial charge in [-0.25, -0.2) is 4.39 Å². The van der Waals surface area contributed by atoms with E-state index >= 15 is 0 Å². The van der Waals surface area contributed by atoms with Crippen LogP contribution < -0.4 is 0 Å². The van der Waals surface area contributed by atoms with Gasteiger partial charge >= 0.3 is 0 Å². The zero-order chi connectivity index (χ0) is 10.7. The van der Waals surface area contributed by atoms with Crippen molar-refractivity contribution < 1.29 is 4.39 Å². The molecule has 1 aromatic rings. The van der Waals surface area contributed by atoms with Crippen LogP contribution in [0.15, 0.2) is 42.7 Å². The Labute approximate surface area is 90.2 Å². The van der Waals surface area contributed by atoms with Gasteiger partial charge in [0.15, 0.2) is 0 Å². The van der Waals surface area contributed by atoms with Crippen molar-refractivity contribution in [3.8, 4) is 0 Å². The first-order valence-electron chi connectivity index (χ1n) is 5.39. The molecule has 0 aliphatic carbocycles. The fourth-order valence-electron chi connectivity index (χ4n) is 2.19. The van der Waals surface area contributed by atoms with E-state index < -0.39 is 0 Å². The molecule has 1 nitrogen and oxygen atoms in total. The SMILES string of the molecule is C=C(F)C1CCCN1Cc1ccccc1. The highest BCUT2D eigenvalue weighted by molar-refractivity contribution is 5.15. The zero-order valence-electron chi connectivity index (χ0n) is 8.82. The lowest BCUT2D eigenvalue weighted by Gasteiger charge is -2.22. The molecule has 0 N–H and O–H groups in total. The van der Waals surface area contributed by atoms with Gasteiger partial charge in [-0.3, -0.25) is 4.90 Å². The molecule has 0 saturated carbocycles. The van der Waals surface area contributed by atoms with Crippen molar-refractivity contribution >= 4 is 0 Å². The maximum atomic E-state index is 13.1. The first-order chi connectivity index (χ1) is 7.27. The van der Waals surface area contributed by atoms with Gasteiger partial charge in [-0.15, -0.1) is 0 Å². The quantitative estimate of drug-likeness (QED) is 0.732. The van der Waals surface area contributed by atoms with Crippen LogP contribution in [0.3, 0.4) is 0 Å². The van der Waals surface area contributed by atoms with Crippen LogP contribution in [0.2, 0.25) is 0 Å². The highest BCUT2D eigenvalue weighted by atomic mass is 19.1. The van der Waals surface area contributed by atoms with Crippen molar-refractivity contribution in [2.75, 3.05) is 6.54 Å². The van der Waals surface area contributed by atoms with Crippen LogP contribution in [0.1, 0.15) is 18.4 Å². The smallest absolute Gasteiger partial charge is 0.110 e. The van der Waals surface area contributed by atoms with Gasteiger partial charge in [0.25, 0.3) is 0 Å². The second-order valence-corrected chi connectivity index (χ2v) is 4.06. The lowest BCUT2D eigenvalue weighted by atomic mass is 10.1. The van der Waals surface area contributed by atoms with Gasteiger partial charge in [-0.1, -0.05) is 36.9 Å². The molecule has 0 aromatic heterocycles. The second-order valence-electron chi connectivity index (χ2n) is 4.06. The van der Waals surface area contributed by atoms with Crippen LogP contribution in [0.25, 0.3) is 0 Å². The Hall–Kier alpha value is -1.15. The summed E-state index contributed by atoms with van der Waals surface area (Å²) >= 11 is 0. The lowest BCUT2D eigenvalue weighted by Crippen LogP contribution is -2.29. The van der Waals surface area contributed by atoms with Crippen molar-refractivity contribution in [1.82, 2.24) is 4.90 Å². The molecule has 0 spiro atoms. The molecule has 1 unspecified atom stereocenters. The number of halogens is 1. The predicted molar refractivity (Wildman–Crippen MR) is 60.1 cm³/mol. The van der Waals surface area contributed by atoms with E-state index in [0.717, 1.165) is 25.9 Å². The Morgan fingerprint density at radius 3 is 2.80 bits per heavy atom. The predicted octanol–water partition coefficient (Wildman–Crippen LogP) is 3.13. The third-order valence-electron chi connectivity index (χ3n) is 2.95. The summed E-state index contributed by atoms with van der Waals surface area (Å²) in [5, 5.41) is 0. The Morgan fingerprint density at radius 2 is 2.13 bits per heavy atom. The maximum Gasteiger partial charge on any atom is 0.110 e. The van der Waals surface area contributed by atoms with Crippen LogP contribution in [-0.4, -0.2) is 17.5 Å². The molecule has 0 bridgehead atoms.